The molecule has 2 aliphatic heterocycles. The van der Waals surface area contributed by atoms with Gasteiger partial charge >= 0.3 is 0 Å². The molecule has 0 radical (unpaired) electrons. The van der Waals surface area contributed by atoms with Crippen LogP contribution < -0.4 is 10.1 Å². The van der Waals surface area contributed by atoms with Crippen molar-refractivity contribution >= 4 is 19.7 Å². The largest absolute Gasteiger partial charge is 0.495 e. The zero-order valence-electron chi connectivity index (χ0n) is 19.3. The van der Waals surface area contributed by atoms with E-state index in [0.717, 1.165) is 37.1 Å². The molecule has 0 spiro atoms. The lowest BCUT2D eigenvalue weighted by Gasteiger charge is -2.42. The van der Waals surface area contributed by atoms with Gasteiger partial charge in [-0.05, 0) is 76.9 Å². The number of piperidine rings is 1. The highest BCUT2D eigenvalue weighted by Crippen LogP contribution is 2.34. The Kier molecular flexibility index (Phi) is 7.11. The highest BCUT2D eigenvalue weighted by Gasteiger charge is 2.47. The number of hydrogen-bond donors (Lipinski definition) is 1. The van der Waals surface area contributed by atoms with Gasteiger partial charge in [0, 0.05) is 18.1 Å². The maximum absolute atomic E-state index is 13.6. The number of ether oxygens (including phenoxy) is 1. The minimum Gasteiger partial charge on any atom is -0.495 e. The van der Waals surface area contributed by atoms with Crippen molar-refractivity contribution in [3.63, 3.8) is 0 Å². The van der Waals surface area contributed by atoms with Crippen molar-refractivity contribution in [3.8, 4) is 5.75 Å². The first-order valence-electron chi connectivity index (χ1n) is 11.0. The summed E-state index contributed by atoms with van der Waals surface area (Å²) in [5.41, 5.74) is 1.57. The van der Waals surface area contributed by atoms with Gasteiger partial charge in [-0.3, -0.25) is 4.90 Å². The van der Waals surface area contributed by atoms with Crippen LogP contribution in [0.25, 0.3) is 0 Å². The molecule has 0 saturated carbocycles. The van der Waals surface area contributed by atoms with Crippen LogP contribution in [0.1, 0.15) is 44.2 Å². The molecule has 2 fully saturated rings. The van der Waals surface area contributed by atoms with E-state index in [9.17, 15) is 16.8 Å². The zero-order valence-corrected chi connectivity index (χ0v) is 20.9. The molecule has 1 N–H and O–H groups in total. The molecule has 7 nitrogen and oxygen atoms in total. The number of aryl methyl sites for hydroxylation is 2. The second-order valence-corrected chi connectivity index (χ2v) is 13.9. The van der Waals surface area contributed by atoms with Crippen LogP contribution in [0.5, 0.6) is 5.75 Å². The lowest BCUT2D eigenvalue weighted by molar-refractivity contribution is 0.0925. The Morgan fingerprint density at radius 1 is 1.10 bits per heavy atom. The molecule has 0 amide bonds. The van der Waals surface area contributed by atoms with Gasteiger partial charge in [0.15, 0.2) is 19.7 Å². The van der Waals surface area contributed by atoms with Crippen LogP contribution in [0.15, 0.2) is 17.0 Å². The SMILES string of the molecule is COc1cc(C)c(C)cc1S(=O)(=O)[C@H]1CS(=O)(=O)C[C@@H]1NCC(C)(C)N1CCCCC1. The van der Waals surface area contributed by atoms with Crippen LogP contribution in [0.3, 0.4) is 0 Å². The lowest BCUT2D eigenvalue weighted by Crippen LogP contribution is -2.56. The fourth-order valence-electron chi connectivity index (χ4n) is 4.61. The van der Waals surface area contributed by atoms with E-state index in [1.54, 1.807) is 12.1 Å². The van der Waals surface area contributed by atoms with E-state index >= 15 is 0 Å². The average molecular weight is 473 g/mol. The molecule has 9 heteroatoms. The molecule has 0 bridgehead atoms. The fraction of sp³-hybridized carbons (Fsp3) is 0.727. The Balaban J connectivity index is 1.87. The predicted octanol–water partition coefficient (Wildman–Crippen LogP) is 2.11. The monoisotopic (exact) mass is 472 g/mol. The van der Waals surface area contributed by atoms with Crippen LogP contribution in [0, 0.1) is 13.8 Å². The Morgan fingerprint density at radius 3 is 2.32 bits per heavy atom. The third kappa shape index (κ3) is 5.26. The summed E-state index contributed by atoms with van der Waals surface area (Å²) in [4.78, 5) is 2.48. The third-order valence-electron chi connectivity index (χ3n) is 6.79. The van der Waals surface area contributed by atoms with Crippen molar-refractivity contribution in [2.75, 3.05) is 38.2 Å². The first-order valence-corrected chi connectivity index (χ1v) is 14.3. The smallest absolute Gasteiger partial charge is 0.187 e. The number of benzene rings is 1. The number of sulfone groups is 2. The van der Waals surface area contributed by atoms with E-state index in [1.807, 2.05) is 13.8 Å². The van der Waals surface area contributed by atoms with Gasteiger partial charge in [-0.15, -0.1) is 0 Å². The molecule has 0 aromatic heterocycles. The molecule has 1 aromatic rings. The molecular weight excluding hydrogens is 436 g/mol. The van der Waals surface area contributed by atoms with Gasteiger partial charge in [0.05, 0.1) is 23.9 Å². The molecule has 3 rings (SSSR count). The van der Waals surface area contributed by atoms with Gasteiger partial charge in [-0.25, -0.2) is 16.8 Å². The molecule has 2 atom stereocenters. The summed E-state index contributed by atoms with van der Waals surface area (Å²) in [6, 6.07) is 2.65. The van der Waals surface area contributed by atoms with Gasteiger partial charge in [0.2, 0.25) is 0 Å². The van der Waals surface area contributed by atoms with Crippen molar-refractivity contribution < 1.29 is 21.6 Å². The normalized spacial score (nSPS) is 24.9. The lowest BCUT2D eigenvalue weighted by atomic mass is 9.98. The Labute approximate surface area is 187 Å². The van der Waals surface area contributed by atoms with Crippen LogP contribution >= 0.6 is 0 Å². The molecule has 176 valence electrons. The predicted molar refractivity (Wildman–Crippen MR) is 123 cm³/mol. The molecule has 0 unspecified atom stereocenters. The van der Waals surface area contributed by atoms with Crippen molar-refractivity contribution in [2.45, 2.75) is 68.7 Å². The minimum atomic E-state index is -3.91. The number of nitrogens with zero attached hydrogens (tertiary/aromatic N) is 1. The number of methoxy groups -OCH3 is 1. The van der Waals surface area contributed by atoms with Crippen LogP contribution in [-0.4, -0.2) is 76.8 Å². The zero-order chi connectivity index (χ0) is 23.0. The minimum absolute atomic E-state index is 0.0716. The number of rotatable bonds is 7. The summed E-state index contributed by atoms with van der Waals surface area (Å²) < 4.78 is 57.5. The summed E-state index contributed by atoms with van der Waals surface area (Å²) in [5, 5.41) is 2.29. The molecule has 2 heterocycles. The maximum atomic E-state index is 13.6. The summed E-state index contributed by atoms with van der Waals surface area (Å²) in [5.74, 6) is -0.271. The quantitative estimate of drug-likeness (QED) is 0.650. The van der Waals surface area contributed by atoms with Gasteiger partial charge in [0.1, 0.15) is 10.6 Å². The molecule has 0 aliphatic carbocycles. The van der Waals surface area contributed by atoms with E-state index in [0.29, 0.717) is 6.54 Å². The van der Waals surface area contributed by atoms with Crippen LogP contribution in [0.4, 0.5) is 0 Å². The first-order chi connectivity index (χ1) is 14.4. The fourth-order valence-corrected chi connectivity index (χ4v) is 9.55. The molecule has 2 saturated heterocycles. The first kappa shape index (κ1) is 24.5. The van der Waals surface area contributed by atoms with Gasteiger partial charge in [-0.2, -0.15) is 0 Å². The van der Waals surface area contributed by atoms with Crippen molar-refractivity contribution in [2.24, 2.45) is 0 Å². The molecule has 31 heavy (non-hydrogen) atoms. The van der Waals surface area contributed by atoms with E-state index in [2.05, 4.69) is 24.1 Å². The van der Waals surface area contributed by atoms with Crippen molar-refractivity contribution in [1.82, 2.24) is 10.2 Å². The summed E-state index contributed by atoms with van der Waals surface area (Å²) in [6.45, 7) is 10.5. The molecule has 2 aliphatic rings. The Hall–Kier alpha value is -1.16. The van der Waals surface area contributed by atoms with Crippen molar-refractivity contribution in [1.29, 1.82) is 0 Å². The second kappa shape index (κ2) is 9.00. The van der Waals surface area contributed by atoms with E-state index in [1.165, 1.54) is 13.5 Å². The van der Waals surface area contributed by atoms with Gasteiger partial charge < -0.3 is 10.1 Å². The average Bonchev–Trinajstić information content (AvgIpc) is 3.04. The highest BCUT2D eigenvalue weighted by atomic mass is 32.2. The van der Waals surface area contributed by atoms with Crippen LogP contribution in [-0.2, 0) is 19.7 Å². The Morgan fingerprint density at radius 2 is 1.71 bits per heavy atom. The van der Waals surface area contributed by atoms with Gasteiger partial charge in [0.25, 0.3) is 0 Å². The van der Waals surface area contributed by atoms with Crippen molar-refractivity contribution in [3.05, 3.63) is 23.3 Å². The summed E-state index contributed by atoms with van der Waals surface area (Å²) in [7, 11) is -5.94. The van der Waals surface area contributed by atoms with E-state index < -0.39 is 31.0 Å². The third-order valence-corrected chi connectivity index (χ3v) is 11.0. The number of hydrogen-bond acceptors (Lipinski definition) is 7. The van der Waals surface area contributed by atoms with E-state index in [-0.39, 0.29) is 27.7 Å². The Bertz CT molecular complexity index is 1010. The number of nitrogens with one attached hydrogen (secondary N) is 1. The standard InChI is InChI=1S/C22H36N2O5S2/c1-16-11-19(29-5)20(12-17(16)2)31(27,28)21-14-30(25,26)13-18(21)23-15-22(3,4)24-9-7-6-8-10-24/h11-12,18,21,23H,6-10,13-15H2,1-5H3/t18-,21-/m0/s1. The van der Waals surface area contributed by atoms with Crippen LogP contribution in [0.2, 0.25) is 0 Å². The second-order valence-electron chi connectivity index (χ2n) is 9.60. The molecule has 1 aromatic carbocycles. The summed E-state index contributed by atoms with van der Waals surface area (Å²) in [6.07, 6.45) is 3.55. The molecular formula is C22H36N2O5S2. The van der Waals surface area contributed by atoms with Gasteiger partial charge in [-0.1, -0.05) is 6.42 Å². The summed E-state index contributed by atoms with van der Waals surface area (Å²) >= 11 is 0. The highest BCUT2D eigenvalue weighted by molar-refractivity contribution is 7.96. The van der Waals surface area contributed by atoms with E-state index in [4.69, 9.17) is 4.74 Å². The topological polar surface area (TPSA) is 92.8 Å². The number of likely N-dealkylation sites (tertiary alicyclic amines) is 1. The maximum Gasteiger partial charge on any atom is 0.187 e.